The zero-order valence-electron chi connectivity index (χ0n) is 6.41. The third kappa shape index (κ3) is 6.93. The Hall–Kier alpha value is -0.960. The van der Waals surface area contributed by atoms with Crippen LogP contribution < -0.4 is 0 Å². The molecule has 0 aromatic heterocycles. The molecule has 0 bridgehead atoms. The first-order valence-corrected chi connectivity index (χ1v) is 3.35. The van der Waals surface area contributed by atoms with Crippen LogP contribution in [-0.2, 0) is 4.79 Å². The van der Waals surface area contributed by atoms with Crippen molar-refractivity contribution >= 4 is 17.6 Å². The quantitative estimate of drug-likeness (QED) is 0.519. The maximum atomic E-state index is 10.0. The Morgan fingerprint density at radius 3 is 2.36 bits per heavy atom. The molecule has 0 aromatic carbocycles. The second-order valence-corrected chi connectivity index (χ2v) is 2.59. The van der Waals surface area contributed by atoms with Crippen LogP contribution in [-0.4, -0.2) is 30.1 Å². The lowest BCUT2D eigenvalue weighted by Crippen LogP contribution is -2.00. The normalized spacial score (nSPS) is 12.1. The first kappa shape index (κ1) is 10.0. The molecule has 0 aliphatic carbocycles. The molecule has 4 heteroatoms. The largest absolute Gasteiger partial charge is 0.478 e. The van der Waals surface area contributed by atoms with Gasteiger partial charge in [-0.15, -0.1) is 0 Å². The molecule has 3 nitrogen and oxygen atoms in total. The fraction of sp³-hybridized carbons (Fsp3) is 0.286. The molecule has 1 N–H and O–H groups in total. The first-order valence-electron chi connectivity index (χ1n) is 2.97. The van der Waals surface area contributed by atoms with Gasteiger partial charge in [-0.05, 0) is 6.08 Å². The smallest absolute Gasteiger partial charge is 0.328 e. The summed E-state index contributed by atoms with van der Waals surface area (Å²) in [6.07, 6.45) is 3.92. The second-order valence-electron chi connectivity index (χ2n) is 2.15. The number of aliphatic carboxylic acids is 1. The highest BCUT2D eigenvalue weighted by Gasteiger charge is 1.88. The highest BCUT2D eigenvalue weighted by atomic mass is 35.5. The van der Waals surface area contributed by atoms with Crippen molar-refractivity contribution in [3.63, 3.8) is 0 Å². The predicted octanol–water partition coefficient (Wildman–Crippen LogP) is 1.27. The van der Waals surface area contributed by atoms with E-state index in [0.717, 1.165) is 6.08 Å². The molecule has 0 unspecified atom stereocenters. The zero-order chi connectivity index (χ0) is 8.85. The van der Waals surface area contributed by atoms with Crippen LogP contribution in [0.1, 0.15) is 0 Å². The second kappa shape index (κ2) is 4.79. The molecule has 0 radical (unpaired) electrons. The lowest BCUT2D eigenvalue weighted by Gasteiger charge is -2.02. The van der Waals surface area contributed by atoms with Gasteiger partial charge in [-0.3, -0.25) is 0 Å². The number of carboxylic acid groups (broad SMARTS) is 1. The van der Waals surface area contributed by atoms with Crippen molar-refractivity contribution in [2.24, 2.45) is 0 Å². The number of nitrogens with zero attached hydrogens (tertiary/aromatic N) is 1. The van der Waals surface area contributed by atoms with Crippen molar-refractivity contribution in [3.05, 3.63) is 23.4 Å². The fourth-order valence-electron chi connectivity index (χ4n) is 0.441. The van der Waals surface area contributed by atoms with Crippen LogP contribution >= 0.6 is 11.6 Å². The van der Waals surface area contributed by atoms with Gasteiger partial charge in [-0.1, -0.05) is 11.6 Å². The number of rotatable bonds is 3. The standard InChI is InChI=1S/C7H10ClNO2/c1-9(2)5-6(8)3-4-7(10)11/h3-5H,1-2H3,(H,10,11). The summed E-state index contributed by atoms with van der Waals surface area (Å²) in [5.74, 6) is -1.00. The molecule has 0 amide bonds. The van der Waals surface area contributed by atoms with Crippen molar-refractivity contribution in [2.75, 3.05) is 14.1 Å². The SMILES string of the molecule is CN(C)C=C(Cl)C=CC(=O)O. The van der Waals surface area contributed by atoms with Crippen LogP contribution in [0.15, 0.2) is 23.4 Å². The van der Waals surface area contributed by atoms with Crippen LogP contribution in [0.5, 0.6) is 0 Å². The molecule has 0 saturated heterocycles. The number of carboxylic acids is 1. The Morgan fingerprint density at radius 1 is 1.45 bits per heavy atom. The molecule has 0 aromatic rings. The van der Waals surface area contributed by atoms with Gasteiger partial charge in [0.1, 0.15) is 0 Å². The summed E-state index contributed by atoms with van der Waals surface area (Å²) in [7, 11) is 3.61. The Bertz CT molecular complexity index is 197. The van der Waals surface area contributed by atoms with Gasteiger partial charge in [0.15, 0.2) is 0 Å². The van der Waals surface area contributed by atoms with E-state index < -0.39 is 5.97 Å². The van der Waals surface area contributed by atoms with Crippen LogP contribution in [0.4, 0.5) is 0 Å². The molecular weight excluding hydrogens is 166 g/mol. The molecule has 11 heavy (non-hydrogen) atoms. The Labute approximate surface area is 70.6 Å². The molecule has 62 valence electrons. The number of carbonyl (C=O) groups is 1. The van der Waals surface area contributed by atoms with E-state index in [4.69, 9.17) is 16.7 Å². The van der Waals surface area contributed by atoms with Crippen LogP contribution in [0.25, 0.3) is 0 Å². The van der Waals surface area contributed by atoms with Crippen molar-refractivity contribution in [1.82, 2.24) is 4.90 Å². The number of hydrogen-bond donors (Lipinski definition) is 1. The summed E-state index contributed by atoms with van der Waals surface area (Å²) in [5, 5.41) is 8.60. The maximum absolute atomic E-state index is 10.0. The Balaban J connectivity index is 4.05. The molecule has 0 saturated carbocycles. The van der Waals surface area contributed by atoms with E-state index >= 15 is 0 Å². The lowest BCUT2D eigenvalue weighted by atomic mass is 10.4. The summed E-state index contributed by atoms with van der Waals surface area (Å²) in [4.78, 5) is 11.7. The summed E-state index contributed by atoms with van der Waals surface area (Å²) >= 11 is 5.59. The molecule has 0 rings (SSSR count). The molecule has 0 aliphatic rings. The minimum Gasteiger partial charge on any atom is -0.478 e. The number of halogens is 1. The minimum atomic E-state index is -1.00. The summed E-state index contributed by atoms with van der Waals surface area (Å²) in [6.45, 7) is 0. The highest BCUT2D eigenvalue weighted by Crippen LogP contribution is 2.02. The molecular formula is C7H10ClNO2. The third-order valence-electron chi connectivity index (χ3n) is 0.767. The van der Waals surface area contributed by atoms with Crippen LogP contribution in [0, 0.1) is 0 Å². The lowest BCUT2D eigenvalue weighted by molar-refractivity contribution is -0.131. The average Bonchev–Trinajstić information content (AvgIpc) is 1.82. The monoisotopic (exact) mass is 175 g/mol. The minimum absolute atomic E-state index is 0.386. The van der Waals surface area contributed by atoms with Gasteiger partial charge in [0, 0.05) is 26.4 Å². The third-order valence-corrected chi connectivity index (χ3v) is 0.990. The van der Waals surface area contributed by atoms with Gasteiger partial charge >= 0.3 is 5.97 Å². The van der Waals surface area contributed by atoms with E-state index in [1.54, 1.807) is 25.2 Å². The van der Waals surface area contributed by atoms with E-state index in [1.807, 2.05) is 0 Å². The van der Waals surface area contributed by atoms with E-state index in [2.05, 4.69) is 0 Å². The van der Waals surface area contributed by atoms with E-state index in [-0.39, 0.29) is 0 Å². The molecule has 0 aliphatic heterocycles. The van der Waals surface area contributed by atoms with Crippen molar-refractivity contribution in [2.45, 2.75) is 0 Å². The van der Waals surface area contributed by atoms with Crippen LogP contribution in [0.3, 0.4) is 0 Å². The summed E-state index contributed by atoms with van der Waals surface area (Å²) in [5.41, 5.74) is 0. The molecule has 0 atom stereocenters. The van der Waals surface area contributed by atoms with Gasteiger partial charge in [0.05, 0.1) is 5.03 Å². The number of allylic oxidation sites excluding steroid dienone is 2. The van der Waals surface area contributed by atoms with Crippen molar-refractivity contribution < 1.29 is 9.90 Å². The molecule has 0 fully saturated rings. The van der Waals surface area contributed by atoms with E-state index in [9.17, 15) is 4.79 Å². The van der Waals surface area contributed by atoms with Gasteiger partial charge in [0.2, 0.25) is 0 Å². The van der Waals surface area contributed by atoms with Crippen molar-refractivity contribution in [3.8, 4) is 0 Å². The first-order chi connectivity index (χ1) is 5.02. The van der Waals surface area contributed by atoms with Crippen molar-refractivity contribution in [1.29, 1.82) is 0 Å². The molecule has 0 spiro atoms. The topological polar surface area (TPSA) is 40.5 Å². The molecule has 0 heterocycles. The maximum Gasteiger partial charge on any atom is 0.328 e. The summed E-state index contributed by atoms with van der Waals surface area (Å²) < 4.78 is 0. The Morgan fingerprint density at radius 2 is 2.00 bits per heavy atom. The predicted molar refractivity (Wildman–Crippen MR) is 44.4 cm³/mol. The van der Waals surface area contributed by atoms with Crippen LogP contribution in [0.2, 0.25) is 0 Å². The fourth-order valence-corrected chi connectivity index (χ4v) is 0.699. The number of hydrogen-bond acceptors (Lipinski definition) is 2. The summed E-state index contributed by atoms with van der Waals surface area (Å²) in [6, 6.07) is 0. The Kier molecular flexibility index (Phi) is 4.38. The zero-order valence-corrected chi connectivity index (χ0v) is 7.17. The van der Waals surface area contributed by atoms with Gasteiger partial charge in [-0.25, -0.2) is 4.79 Å². The van der Waals surface area contributed by atoms with Gasteiger partial charge in [0.25, 0.3) is 0 Å². The van der Waals surface area contributed by atoms with Gasteiger partial charge in [-0.2, -0.15) is 0 Å². The van der Waals surface area contributed by atoms with E-state index in [0.29, 0.717) is 5.03 Å². The highest BCUT2D eigenvalue weighted by molar-refractivity contribution is 6.31. The van der Waals surface area contributed by atoms with E-state index in [1.165, 1.54) is 6.08 Å². The average molecular weight is 176 g/mol. The van der Waals surface area contributed by atoms with Gasteiger partial charge < -0.3 is 10.0 Å².